The second kappa shape index (κ2) is 9.80. The van der Waals surface area contributed by atoms with Gasteiger partial charge in [0.1, 0.15) is 18.1 Å². The number of hydrogen-bond donors (Lipinski definition) is 0. The lowest BCUT2D eigenvalue weighted by molar-refractivity contribution is -0.151. The van der Waals surface area contributed by atoms with E-state index in [1.54, 1.807) is 31.2 Å². The lowest BCUT2D eigenvalue weighted by Gasteiger charge is -2.17. The summed E-state index contributed by atoms with van der Waals surface area (Å²) in [6.07, 6.45) is -2.14. The quantitative estimate of drug-likeness (QED) is 0.589. The van der Waals surface area contributed by atoms with Gasteiger partial charge in [0.15, 0.2) is 6.10 Å². The Morgan fingerprint density at radius 1 is 1.10 bits per heavy atom. The number of carbonyl (C=O) groups is 1. The molecule has 1 aromatic heterocycles. The van der Waals surface area contributed by atoms with Crippen LogP contribution in [0.5, 0.6) is 17.4 Å². The smallest absolute Gasteiger partial charge is 0.417 e. The number of likely N-dealkylation sites (tertiary alicyclic amines) is 1. The van der Waals surface area contributed by atoms with Crippen molar-refractivity contribution in [2.45, 2.75) is 32.0 Å². The fourth-order valence-electron chi connectivity index (χ4n) is 2.97. The molecule has 2 aromatic rings. The number of alkyl halides is 3. The van der Waals surface area contributed by atoms with Crippen molar-refractivity contribution in [3.63, 3.8) is 0 Å². The molecule has 0 N–H and O–H groups in total. The number of benzene rings is 1. The highest BCUT2D eigenvalue weighted by Gasteiger charge is 2.30. The number of halogens is 3. The molecule has 6 nitrogen and oxygen atoms in total. The summed E-state index contributed by atoms with van der Waals surface area (Å²) < 4.78 is 53.9. The number of carbonyl (C=O) groups excluding carboxylic acids is 1. The molecule has 1 aliphatic heterocycles. The zero-order valence-electron chi connectivity index (χ0n) is 16.5. The van der Waals surface area contributed by atoms with Crippen molar-refractivity contribution >= 4 is 5.97 Å². The topological polar surface area (TPSA) is 60.9 Å². The van der Waals surface area contributed by atoms with Crippen molar-refractivity contribution in [2.24, 2.45) is 0 Å². The lowest BCUT2D eigenvalue weighted by atomic mass is 10.3. The van der Waals surface area contributed by atoms with Crippen molar-refractivity contribution in [1.29, 1.82) is 0 Å². The van der Waals surface area contributed by atoms with E-state index in [0.717, 1.165) is 31.8 Å². The lowest BCUT2D eigenvalue weighted by Crippen LogP contribution is -2.30. The van der Waals surface area contributed by atoms with Crippen LogP contribution in [-0.4, -0.2) is 48.2 Å². The van der Waals surface area contributed by atoms with Gasteiger partial charge in [0.05, 0.1) is 5.56 Å². The van der Waals surface area contributed by atoms with Gasteiger partial charge in [-0.25, -0.2) is 9.78 Å². The molecule has 162 valence electrons. The summed E-state index contributed by atoms with van der Waals surface area (Å²) >= 11 is 0. The number of pyridine rings is 1. The van der Waals surface area contributed by atoms with Gasteiger partial charge in [-0.3, -0.25) is 4.90 Å². The molecule has 1 unspecified atom stereocenters. The summed E-state index contributed by atoms with van der Waals surface area (Å²) in [6, 6.07) is 8.37. The number of nitrogens with zero attached hydrogens (tertiary/aromatic N) is 2. The third-order valence-corrected chi connectivity index (χ3v) is 4.61. The van der Waals surface area contributed by atoms with Gasteiger partial charge >= 0.3 is 12.1 Å². The maximum Gasteiger partial charge on any atom is 0.417 e. The molecule has 9 heteroatoms. The van der Waals surface area contributed by atoms with Gasteiger partial charge in [-0.1, -0.05) is 0 Å². The number of ether oxygens (including phenoxy) is 3. The summed E-state index contributed by atoms with van der Waals surface area (Å²) in [4.78, 5) is 18.0. The maximum absolute atomic E-state index is 12.6. The third kappa shape index (κ3) is 6.35. The van der Waals surface area contributed by atoms with Crippen molar-refractivity contribution in [2.75, 3.05) is 26.2 Å². The van der Waals surface area contributed by atoms with Crippen molar-refractivity contribution in [3.8, 4) is 17.4 Å². The minimum absolute atomic E-state index is 0.0339. The molecular weight excluding hydrogens is 401 g/mol. The summed E-state index contributed by atoms with van der Waals surface area (Å²) in [6.45, 7) is 4.75. The molecular formula is C21H23F3N2O4. The minimum atomic E-state index is -4.45. The Hall–Kier alpha value is -2.81. The zero-order valence-corrected chi connectivity index (χ0v) is 16.5. The van der Waals surface area contributed by atoms with E-state index < -0.39 is 23.8 Å². The van der Waals surface area contributed by atoms with E-state index in [9.17, 15) is 18.0 Å². The van der Waals surface area contributed by atoms with E-state index >= 15 is 0 Å². The Labute approximate surface area is 172 Å². The molecule has 0 bridgehead atoms. The van der Waals surface area contributed by atoms with Gasteiger partial charge in [0.2, 0.25) is 5.88 Å². The van der Waals surface area contributed by atoms with E-state index in [1.165, 1.54) is 12.8 Å². The number of esters is 1. The molecule has 1 aromatic carbocycles. The Balaban J connectivity index is 1.45. The first-order chi connectivity index (χ1) is 14.3. The Bertz CT molecular complexity index is 820. The van der Waals surface area contributed by atoms with Crippen LogP contribution in [0.3, 0.4) is 0 Å². The monoisotopic (exact) mass is 424 g/mol. The first-order valence-electron chi connectivity index (χ1n) is 9.68. The van der Waals surface area contributed by atoms with Crippen LogP contribution in [0.2, 0.25) is 0 Å². The van der Waals surface area contributed by atoms with Gasteiger partial charge in [-0.2, -0.15) is 13.2 Å². The van der Waals surface area contributed by atoms with Gasteiger partial charge in [0, 0.05) is 18.8 Å². The summed E-state index contributed by atoms with van der Waals surface area (Å²) in [5, 5.41) is 0. The average Bonchev–Trinajstić information content (AvgIpc) is 3.22. The molecule has 1 saturated heterocycles. The van der Waals surface area contributed by atoms with Crippen LogP contribution >= 0.6 is 0 Å². The van der Waals surface area contributed by atoms with Gasteiger partial charge in [-0.05, 0) is 63.2 Å². The minimum Gasteiger partial charge on any atom is -0.479 e. The van der Waals surface area contributed by atoms with E-state index in [2.05, 4.69) is 9.88 Å². The van der Waals surface area contributed by atoms with Gasteiger partial charge in [0.25, 0.3) is 0 Å². The second-order valence-electron chi connectivity index (χ2n) is 6.93. The summed E-state index contributed by atoms with van der Waals surface area (Å²) in [5.41, 5.74) is -0.847. The van der Waals surface area contributed by atoms with E-state index in [-0.39, 0.29) is 5.88 Å². The molecule has 1 atom stereocenters. The van der Waals surface area contributed by atoms with Crippen LogP contribution in [0.25, 0.3) is 0 Å². The predicted octanol–water partition coefficient (Wildman–Crippen LogP) is 4.30. The van der Waals surface area contributed by atoms with Crippen LogP contribution in [0, 0.1) is 0 Å². The largest absolute Gasteiger partial charge is 0.479 e. The van der Waals surface area contributed by atoms with E-state index in [4.69, 9.17) is 14.2 Å². The van der Waals surface area contributed by atoms with Crippen LogP contribution in [0.4, 0.5) is 13.2 Å². The molecule has 1 aliphatic rings. The zero-order chi connectivity index (χ0) is 21.6. The average molecular weight is 424 g/mol. The van der Waals surface area contributed by atoms with Gasteiger partial charge in [-0.15, -0.1) is 0 Å². The van der Waals surface area contributed by atoms with Gasteiger partial charge < -0.3 is 14.2 Å². The fraction of sp³-hybridized carbons (Fsp3) is 0.429. The van der Waals surface area contributed by atoms with Crippen molar-refractivity contribution in [3.05, 3.63) is 48.2 Å². The Morgan fingerprint density at radius 2 is 1.77 bits per heavy atom. The Kier molecular flexibility index (Phi) is 7.15. The molecule has 0 radical (unpaired) electrons. The highest BCUT2D eigenvalue weighted by molar-refractivity contribution is 5.74. The predicted molar refractivity (Wildman–Crippen MR) is 102 cm³/mol. The van der Waals surface area contributed by atoms with E-state index in [1.807, 2.05) is 0 Å². The molecule has 1 fully saturated rings. The van der Waals surface area contributed by atoms with E-state index in [0.29, 0.717) is 24.3 Å². The van der Waals surface area contributed by atoms with Crippen molar-refractivity contribution < 1.29 is 32.2 Å². The summed E-state index contributed by atoms with van der Waals surface area (Å²) in [7, 11) is 0. The Morgan fingerprint density at radius 3 is 2.37 bits per heavy atom. The number of aromatic nitrogens is 1. The molecule has 0 spiro atoms. The molecule has 0 aliphatic carbocycles. The fourth-order valence-corrected chi connectivity index (χ4v) is 2.97. The second-order valence-corrected chi connectivity index (χ2v) is 6.93. The third-order valence-electron chi connectivity index (χ3n) is 4.61. The van der Waals surface area contributed by atoms with Crippen LogP contribution in [0.1, 0.15) is 25.3 Å². The first-order valence-corrected chi connectivity index (χ1v) is 9.68. The van der Waals surface area contributed by atoms with Crippen molar-refractivity contribution in [1.82, 2.24) is 9.88 Å². The standard InChI is InChI=1S/C21H23F3N2O4/c1-15(20(27)28-13-12-26-10-2-3-11-26)29-17-5-7-18(8-6-17)30-19-9-4-16(14-25-19)21(22,23)24/h4-9,14-15H,2-3,10-13H2,1H3. The normalized spacial score (nSPS) is 15.6. The molecule has 2 heterocycles. The maximum atomic E-state index is 12.6. The highest BCUT2D eigenvalue weighted by atomic mass is 19.4. The van der Waals surface area contributed by atoms with Crippen LogP contribution in [-0.2, 0) is 15.7 Å². The molecule has 3 rings (SSSR count). The summed E-state index contributed by atoms with van der Waals surface area (Å²) in [5.74, 6) is 0.400. The highest BCUT2D eigenvalue weighted by Crippen LogP contribution is 2.30. The molecule has 30 heavy (non-hydrogen) atoms. The SMILES string of the molecule is CC(Oc1ccc(Oc2ccc(C(F)(F)F)cn2)cc1)C(=O)OCCN1CCCC1. The first kappa shape index (κ1) is 21.9. The number of hydrogen-bond acceptors (Lipinski definition) is 6. The molecule has 0 saturated carbocycles. The van der Waals surface area contributed by atoms with Crippen LogP contribution in [0.15, 0.2) is 42.6 Å². The number of rotatable bonds is 8. The molecule has 0 amide bonds. The van der Waals surface area contributed by atoms with Crippen LogP contribution < -0.4 is 9.47 Å².